The number of nitrogens with one attached hydrogen (secondary N) is 2. The Balaban J connectivity index is 1.66. The van der Waals surface area contributed by atoms with E-state index >= 15 is 0 Å². The van der Waals surface area contributed by atoms with E-state index in [-0.39, 0.29) is 5.91 Å². The first-order valence-corrected chi connectivity index (χ1v) is 8.15. The van der Waals surface area contributed by atoms with Crippen LogP contribution in [0.5, 0.6) is 0 Å². The molecule has 1 amide bonds. The molecule has 0 saturated carbocycles. The minimum atomic E-state index is -0.244. The fraction of sp³-hybridized carbons (Fsp3) is 0. The van der Waals surface area contributed by atoms with E-state index in [1.807, 2.05) is 48.5 Å². The first kappa shape index (κ1) is 15.8. The number of imidazole rings is 1. The average molecular weight is 341 g/mol. The van der Waals surface area contributed by atoms with Crippen molar-refractivity contribution in [1.82, 2.24) is 9.97 Å². The molecule has 4 rings (SSSR count). The number of anilines is 1. The molecule has 0 bridgehead atoms. The van der Waals surface area contributed by atoms with Crippen LogP contribution >= 0.6 is 0 Å². The largest absolute Gasteiger partial charge is 0.338 e. The van der Waals surface area contributed by atoms with Gasteiger partial charge in [0.05, 0.1) is 16.7 Å². The molecule has 4 aromatic rings. The van der Waals surface area contributed by atoms with E-state index in [9.17, 15) is 9.59 Å². The molecule has 0 aliphatic heterocycles. The van der Waals surface area contributed by atoms with Gasteiger partial charge in [0.2, 0.25) is 0 Å². The Hall–Kier alpha value is -3.73. The van der Waals surface area contributed by atoms with Gasteiger partial charge < -0.3 is 10.3 Å². The van der Waals surface area contributed by atoms with Crippen LogP contribution in [0, 0.1) is 0 Å². The van der Waals surface area contributed by atoms with Gasteiger partial charge in [0.1, 0.15) is 12.1 Å². The molecule has 0 aliphatic rings. The second-order valence-corrected chi connectivity index (χ2v) is 5.84. The number of hydrogen-bond acceptors (Lipinski definition) is 3. The lowest BCUT2D eigenvalue weighted by atomic mass is 10.1. The lowest BCUT2D eigenvalue weighted by Gasteiger charge is -2.09. The molecule has 3 aromatic carbocycles. The molecule has 1 aromatic heterocycles. The van der Waals surface area contributed by atoms with Crippen LogP contribution in [-0.2, 0) is 0 Å². The van der Waals surface area contributed by atoms with Gasteiger partial charge in [0.25, 0.3) is 5.91 Å². The Morgan fingerprint density at radius 3 is 2.42 bits per heavy atom. The molecule has 0 radical (unpaired) electrons. The Bertz CT molecular complexity index is 1060. The summed E-state index contributed by atoms with van der Waals surface area (Å²) >= 11 is 0. The number of aromatic nitrogens is 2. The van der Waals surface area contributed by atoms with Gasteiger partial charge in [-0.1, -0.05) is 36.4 Å². The van der Waals surface area contributed by atoms with Crippen molar-refractivity contribution in [3.63, 3.8) is 0 Å². The number of fused-ring (bicyclic) bond motifs is 1. The molecule has 0 unspecified atom stereocenters. The van der Waals surface area contributed by atoms with Crippen molar-refractivity contribution in [1.29, 1.82) is 0 Å². The van der Waals surface area contributed by atoms with Crippen molar-refractivity contribution in [2.24, 2.45) is 0 Å². The number of aldehydes is 1. The van der Waals surface area contributed by atoms with Crippen LogP contribution < -0.4 is 5.32 Å². The molecule has 0 spiro atoms. The van der Waals surface area contributed by atoms with Crippen molar-refractivity contribution in [3.8, 4) is 11.4 Å². The molecule has 5 heteroatoms. The van der Waals surface area contributed by atoms with Gasteiger partial charge in [-0.15, -0.1) is 0 Å². The maximum atomic E-state index is 12.5. The third-order valence-electron chi connectivity index (χ3n) is 4.13. The third kappa shape index (κ3) is 2.98. The van der Waals surface area contributed by atoms with Crippen LogP contribution in [0.1, 0.15) is 20.7 Å². The maximum Gasteiger partial charge on any atom is 0.255 e. The number of aromatic amines is 1. The van der Waals surface area contributed by atoms with E-state index in [1.54, 1.807) is 24.3 Å². The molecular weight excluding hydrogens is 326 g/mol. The Kier molecular flexibility index (Phi) is 4.03. The van der Waals surface area contributed by atoms with Crippen molar-refractivity contribution in [2.75, 3.05) is 5.32 Å². The molecule has 126 valence electrons. The molecular formula is C21H15N3O2. The summed E-state index contributed by atoms with van der Waals surface area (Å²) in [5.74, 6) is 0.449. The van der Waals surface area contributed by atoms with Crippen molar-refractivity contribution in [2.45, 2.75) is 0 Å². The minimum Gasteiger partial charge on any atom is -0.338 e. The zero-order chi connectivity index (χ0) is 17.9. The molecule has 0 fully saturated rings. The van der Waals surface area contributed by atoms with E-state index in [4.69, 9.17) is 0 Å². The zero-order valence-electron chi connectivity index (χ0n) is 13.8. The predicted octanol–water partition coefficient (Wildman–Crippen LogP) is 4.29. The highest BCUT2D eigenvalue weighted by molar-refractivity contribution is 6.06. The topological polar surface area (TPSA) is 74.8 Å². The number of carbonyl (C=O) groups is 2. The highest BCUT2D eigenvalue weighted by atomic mass is 16.1. The van der Waals surface area contributed by atoms with Crippen LogP contribution in [0.4, 0.5) is 5.69 Å². The highest BCUT2D eigenvalue weighted by Gasteiger charge is 2.13. The number of carbonyl (C=O) groups excluding carboxylic acids is 2. The van der Waals surface area contributed by atoms with E-state index < -0.39 is 0 Å². The quantitative estimate of drug-likeness (QED) is 0.544. The normalized spacial score (nSPS) is 10.6. The van der Waals surface area contributed by atoms with Crippen molar-refractivity contribution < 1.29 is 9.59 Å². The lowest BCUT2D eigenvalue weighted by Crippen LogP contribution is -2.12. The molecule has 5 nitrogen and oxygen atoms in total. The summed E-state index contributed by atoms with van der Waals surface area (Å²) in [5, 5.41) is 2.92. The van der Waals surface area contributed by atoms with Gasteiger partial charge in [-0.3, -0.25) is 9.59 Å². The highest BCUT2D eigenvalue weighted by Crippen LogP contribution is 2.27. The van der Waals surface area contributed by atoms with E-state index in [0.717, 1.165) is 22.9 Å². The van der Waals surface area contributed by atoms with Crippen LogP contribution in [0.25, 0.3) is 22.4 Å². The summed E-state index contributed by atoms with van der Waals surface area (Å²) < 4.78 is 0. The predicted molar refractivity (Wildman–Crippen MR) is 101 cm³/mol. The summed E-state index contributed by atoms with van der Waals surface area (Å²) in [6, 6.07) is 21.8. The average Bonchev–Trinajstić information content (AvgIpc) is 3.12. The SMILES string of the molecule is O=Cc1ccc(C(=O)Nc2ccccc2-c2nc3ccccc3[nH]2)cc1. The summed E-state index contributed by atoms with van der Waals surface area (Å²) in [5.41, 5.74) is 4.29. The lowest BCUT2D eigenvalue weighted by molar-refractivity contribution is 0.102. The summed E-state index contributed by atoms with van der Waals surface area (Å²) in [6.07, 6.45) is 0.749. The van der Waals surface area contributed by atoms with Gasteiger partial charge >= 0.3 is 0 Å². The van der Waals surface area contributed by atoms with Gasteiger partial charge in [-0.2, -0.15) is 0 Å². The Labute approximate surface area is 149 Å². The van der Waals surface area contributed by atoms with Gasteiger partial charge in [0, 0.05) is 16.7 Å². The number of hydrogen-bond donors (Lipinski definition) is 2. The van der Waals surface area contributed by atoms with Crippen LogP contribution in [0.3, 0.4) is 0 Å². The Morgan fingerprint density at radius 2 is 1.65 bits per heavy atom. The first-order chi connectivity index (χ1) is 12.7. The number of nitrogens with zero attached hydrogens (tertiary/aromatic N) is 1. The number of benzene rings is 3. The summed E-state index contributed by atoms with van der Waals surface area (Å²) in [4.78, 5) is 31.2. The fourth-order valence-corrected chi connectivity index (χ4v) is 2.79. The monoisotopic (exact) mass is 341 g/mol. The van der Waals surface area contributed by atoms with Gasteiger partial charge in [-0.05, 0) is 36.4 Å². The van der Waals surface area contributed by atoms with Crippen LogP contribution in [0.15, 0.2) is 72.8 Å². The first-order valence-electron chi connectivity index (χ1n) is 8.15. The number of para-hydroxylation sites is 3. The molecule has 0 atom stereocenters. The van der Waals surface area contributed by atoms with E-state index in [0.29, 0.717) is 22.6 Å². The zero-order valence-corrected chi connectivity index (χ0v) is 13.8. The van der Waals surface area contributed by atoms with Gasteiger partial charge in [-0.25, -0.2) is 4.98 Å². The second kappa shape index (κ2) is 6.64. The molecule has 26 heavy (non-hydrogen) atoms. The van der Waals surface area contributed by atoms with Crippen LogP contribution in [-0.4, -0.2) is 22.2 Å². The standard InChI is InChI=1S/C21H15N3O2/c25-13-14-9-11-15(12-10-14)21(26)24-17-6-2-1-5-16(17)20-22-18-7-3-4-8-19(18)23-20/h1-13H,(H,22,23)(H,24,26). The third-order valence-corrected chi connectivity index (χ3v) is 4.13. The van der Waals surface area contributed by atoms with Crippen molar-refractivity contribution in [3.05, 3.63) is 83.9 Å². The van der Waals surface area contributed by atoms with Crippen molar-refractivity contribution >= 4 is 28.9 Å². The van der Waals surface area contributed by atoms with E-state index in [2.05, 4.69) is 15.3 Å². The smallest absolute Gasteiger partial charge is 0.255 e. The van der Waals surface area contributed by atoms with Gasteiger partial charge in [0.15, 0.2) is 0 Å². The second-order valence-electron chi connectivity index (χ2n) is 5.84. The van der Waals surface area contributed by atoms with E-state index in [1.165, 1.54) is 0 Å². The van der Waals surface area contributed by atoms with Crippen LogP contribution in [0.2, 0.25) is 0 Å². The fourth-order valence-electron chi connectivity index (χ4n) is 2.79. The Morgan fingerprint density at radius 1 is 0.923 bits per heavy atom. The molecule has 1 heterocycles. The number of H-pyrrole nitrogens is 1. The number of amides is 1. The number of rotatable bonds is 4. The summed E-state index contributed by atoms with van der Waals surface area (Å²) in [7, 11) is 0. The molecule has 2 N–H and O–H groups in total. The molecule has 0 saturated heterocycles. The maximum absolute atomic E-state index is 12.5. The molecule has 0 aliphatic carbocycles. The summed E-state index contributed by atoms with van der Waals surface area (Å²) in [6.45, 7) is 0. The minimum absolute atomic E-state index is 0.244.